The summed E-state index contributed by atoms with van der Waals surface area (Å²) in [5.74, 6) is -2.00. The molecule has 0 spiro atoms. The zero-order valence-corrected chi connectivity index (χ0v) is 13.8. The predicted molar refractivity (Wildman–Crippen MR) is 84.2 cm³/mol. The first-order chi connectivity index (χ1) is 11.7. The normalized spacial score (nSPS) is 26.2. The first-order valence-electron chi connectivity index (χ1n) is 7.81. The van der Waals surface area contributed by atoms with E-state index in [0.29, 0.717) is 24.3 Å². The second-order valence-electron chi connectivity index (χ2n) is 6.06. The summed E-state index contributed by atoms with van der Waals surface area (Å²) in [5, 5.41) is 14.8. The first kappa shape index (κ1) is 18.0. The van der Waals surface area contributed by atoms with Gasteiger partial charge in [0.1, 0.15) is 5.75 Å². The van der Waals surface area contributed by atoms with Crippen molar-refractivity contribution in [3.8, 4) is 5.75 Å². The summed E-state index contributed by atoms with van der Waals surface area (Å²) in [6.07, 6.45) is -3.31. The zero-order valence-electron chi connectivity index (χ0n) is 13.1. The molecule has 0 radical (unpaired) electrons. The lowest BCUT2D eigenvalue weighted by Gasteiger charge is -2.38. The molecule has 1 aromatic rings. The molecular weight excluding hydrogens is 361 g/mol. The number of rotatable bonds is 3. The number of fused-ring (bicyclic) bond motifs is 1. The van der Waals surface area contributed by atoms with E-state index in [-0.39, 0.29) is 22.9 Å². The summed E-state index contributed by atoms with van der Waals surface area (Å²) in [6, 6.07) is 6.03. The number of nitrogens with zero attached hydrogens (tertiary/aromatic N) is 2. The Hall–Kier alpha value is -1.80. The van der Waals surface area contributed by atoms with Crippen LogP contribution in [0.25, 0.3) is 0 Å². The third-order valence-corrected chi connectivity index (χ3v) is 4.70. The van der Waals surface area contributed by atoms with Crippen LogP contribution in [0.4, 0.5) is 13.2 Å². The smallest absolute Gasteiger partial charge is 0.439 e. The minimum absolute atomic E-state index is 0.136. The third-order valence-electron chi connectivity index (χ3n) is 4.44. The van der Waals surface area contributed by atoms with Gasteiger partial charge < -0.3 is 9.84 Å². The molecule has 1 amide bonds. The maximum absolute atomic E-state index is 13.6. The van der Waals surface area contributed by atoms with Crippen LogP contribution in [0.15, 0.2) is 29.4 Å². The molecular formula is C16H16ClF3N2O3. The maximum Gasteiger partial charge on any atom is 0.439 e. The number of amides is 1. The Balaban J connectivity index is 1.79. The summed E-state index contributed by atoms with van der Waals surface area (Å²) in [7, 11) is 0. The number of hydrazone groups is 1. The van der Waals surface area contributed by atoms with Gasteiger partial charge in [0.25, 0.3) is 11.6 Å². The average molecular weight is 377 g/mol. The average Bonchev–Trinajstić information content (AvgIpc) is 2.89. The number of benzene rings is 1. The topological polar surface area (TPSA) is 62.1 Å². The van der Waals surface area contributed by atoms with Gasteiger partial charge in [-0.1, -0.05) is 18.0 Å². The van der Waals surface area contributed by atoms with Crippen molar-refractivity contribution in [1.29, 1.82) is 0 Å². The quantitative estimate of drug-likeness (QED) is 0.880. The second kappa shape index (κ2) is 6.49. The third kappa shape index (κ3) is 3.20. The van der Waals surface area contributed by atoms with Crippen molar-refractivity contribution in [2.45, 2.75) is 37.6 Å². The van der Waals surface area contributed by atoms with Crippen LogP contribution >= 0.6 is 11.6 Å². The molecule has 0 aromatic heterocycles. The van der Waals surface area contributed by atoms with Crippen molar-refractivity contribution in [3.63, 3.8) is 0 Å². The van der Waals surface area contributed by atoms with Crippen LogP contribution in [0, 0.1) is 5.92 Å². The van der Waals surface area contributed by atoms with Gasteiger partial charge in [-0.15, -0.1) is 0 Å². The molecule has 1 aliphatic heterocycles. The molecule has 9 heteroatoms. The number of hydrogen-bond acceptors (Lipinski definition) is 4. The molecule has 0 saturated heterocycles. The highest BCUT2D eigenvalue weighted by molar-refractivity contribution is 6.30. The summed E-state index contributed by atoms with van der Waals surface area (Å²) < 4.78 is 45.9. The van der Waals surface area contributed by atoms with Crippen molar-refractivity contribution in [2.75, 3.05) is 6.61 Å². The van der Waals surface area contributed by atoms with Crippen LogP contribution in [0.5, 0.6) is 5.75 Å². The van der Waals surface area contributed by atoms with Gasteiger partial charge in [-0.2, -0.15) is 23.3 Å². The summed E-state index contributed by atoms with van der Waals surface area (Å²) in [6.45, 7) is -0.677. The molecule has 5 nitrogen and oxygen atoms in total. The molecule has 1 saturated carbocycles. The lowest BCUT2D eigenvalue weighted by molar-refractivity contribution is -0.317. The Bertz CT molecular complexity index is 693. The number of carbonyl (C=O) groups excluding carboxylic acids is 1. The molecule has 1 aliphatic carbocycles. The van der Waals surface area contributed by atoms with Crippen molar-refractivity contribution in [2.24, 2.45) is 11.0 Å². The fourth-order valence-electron chi connectivity index (χ4n) is 3.20. The van der Waals surface area contributed by atoms with E-state index in [1.54, 1.807) is 0 Å². The van der Waals surface area contributed by atoms with Crippen LogP contribution in [-0.2, 0) is 4.79 Å². The molecule has 1 fully saturated rings. The lowest BCUT2D eigenvalue weighted by Crippen LogP contribution is -2.62. The first-order valence-corrected chi connectivity index (χ1v) is 8.19. The zero-order chi connectivity index (χ0) is 18.2. The Kier molecular flexibility index (Phi) is 4.68. The predicted octanol–water partition coefficient (Wildman–Crippen LogP) is 3.36. The molecule has 136 valence electrons. The maximum atomic E-state index is 13.6. The minimum atomic E-state index is -5.02. The van der Waals surface area contributed by atoms with E-state index in [1.165, 1.54) is 24.3 Å². The molecule has 3 rings (SSSR count). The number of alkyl halides is 3. The lowest BCUT2D eigenvalue weighted by atomic mass is 9.80. The van der Waals surface area contributed by atoms with E-state index in [0.717, 1.165) is 0 Å². The highest BCUT2D eigenvalue weighted by Crippen LogP contribution is 2.48. The molecule has 1 heterocycles. The van der Waals surface area contributed by atoms with Gasteiger partial charge in [0.2, 0.25) is 0 Å². The summed E-state index contributed by atoms with van der Waals surface area (Å²) in [5.41, 5.74) is -3.10. The highest BCUT2D eigenvalue weighted by Gasteiger charge is 2.68. The van der Waals surface area contributed by atoms with Gasteiger partial charge in [-0.25, -0.2) is 0 Å². The summed E-state index contributed by atoms with van der Waals surface area (Å²) >= 11 is 5.73. The molecule has 1 aromatic carbocycles. The monoisotopic (exact) mass is 376 g/mol. The molecule has 0 unspecified atom stereocenters. The van der Waals surface area contributed by atoms with Crippen molar-refractivity contribution < 1.29 is 27.8 Å². The number of aliphatic hydroxyl groups is 1. The van der Waals surface area contributed by atoms with Crippen molar-refractivity contribution in [3.05, 3.63) is 29.3 Å². The van der Waals surface area contributed by atoms with E-state index in [4.69, 9.17) is 16.3 Å². The van der Waals surface area contributed by atoms with Crippen LogP contribution in [0.1, 0.15) is 25.7 Å². The Morgan fingerprint density at radius 1 is 1.36 bits per heavy atom. The minimum Gasteiger partial charge on any atom is -0.484 e. The molecule has 1 N–H and O–H groups in total. The van der Waals surface area contributed by atoms with E-state index in [9.17, 15) is 23.1 Å². The number of halogens is 4. The van der Waals surface area contributed by atoms with Crippen LogP contribution in [-0.4, -0.2) is 40.2 Å². The van der Waals surface area contributed by atoms with Crippen LogP contribution in [0.2, 0.25) is 5.02 Å². The Morgan fingerprint density at radius 2 is 2.04 bits per heavy atom. The van der Waals surface area contributed by atoms with E-state index in [1.807, 2.05) is 0 Å². The fraction of sp³-hybridized carbons (Fsp3) is 0.500. The molecule has 2 atom stereocenters. The number of carbonyl (C=O) groups is 1. The highest BCUT2D eigenvalue weighted by atomic mass is 35.5. The Labute approximate surface area is 147 Å². The second-order valence-corrected chi connectivity index (χ2v) is 6.50. The van der Waals surface area contributed by atoms with Gasteiger partial charge in [0.05, 0.1) is 5.92 Å². The van der Waals surface area contributed by atoms with Gasteiger partial charge >= 0.3 is 6.18 Å². The van der Waals surface area contributed by atoms with E-state index in [2.05, 4.69) is 5.10 Å². The number of ether oxygens (including phenoxy) is 1. The van der Waals surface area contributed by atoms with Crippen LogP contribution < -0.4 is 4.74 Å². The molecule has 0 bridgehead atoms. The van der Waals surface area contributed by atoms with E-state index < -0.39 is 30.3 Å². The van der Waals surface area contributed by atoms with Crippen molar-refractivity contribution >= 4 is 23.2 Å². The standard InChI is InChI=1S/C16H16ClF3N2O3/c17-10-5-7-11(8-6-10)25-9-14(23)22-15(24,16(18,19)20)12-3-1-2-4-13(12)21-22/h5-8,12,24H,1-4,9H2/t12-,15-/m1/s1. The molecule has 25 heavy (non-hydrogen) atoms. The van der Waals surface area contributed by atoms with Crippen molar-refractivity contribution in [1.82, 2.24) is 5.01 Å². The number of hydrogen-bond donors (Lipinski definition) is 1. The molecule has 2 aliphatic rings. The summed E-state index contributed by atoms with van der Waals surface area (Å²) in [4.78, 5) is 12.3. The largest absolute Gasteiger partial charge is 0.484 e. The van der Waals surface area contributed by atoms with Gasteiger partial charge in [-0.3, -0.25) is 4.79 Å². The van der Waals surface area contributed by atoms with Gasteiger partial charge in [-0.05, 0) is 43.5 Å². The SMILES string of the molecule is O=C(COc1ccc(Cl)cc1)N1N=C2CCCC[C@H]2[C@@]1(O)C(F)(F)F. The van der Waals surface area contributed by atoms with Crippen LogP contribution in [0.3, 0.4) is 0 Å². The van der Waals surface area contributed by atoms with Gasteiger partial charge in [0.15, 0.2) is 6.61 Å². The fourth-order valence-corrected chi connectivity index (χ4v) is 3.33. The van der Waals surface area contributed by atoms with E-state index >= 15 is 0 Å². The Morgan fingerprint density at radius 3 is 2.68 bits per heavy atom. The van der Waals surface area contributed by atoms with Gasteiger partial charge in [0, 0.05) is 10.7 Å².